The summed E-state index contributed by atoms with van der Waals surface area (Å²) < 4.78 is 40.7. The summed E-state index contributed by atoms with van der Waals surface area (Å²) in [4.78, 5) is 23.7. The van der Waals surface area contributed by atoms with Crippen molar-refractivity contribution in [2.75, 3.05) is 10.6 Å². The van der Waals surface area contributed by atoms with E-state index in [0.717, 1.165) is 6.07 Å². The van der Waals surface area contributed by atoms with Crippen LogP contribution in [0.1, 0.15) is 31.2 Å². The predicted molar refractivity (Wildman–Crippen MR) is 104 cm³/mol. The van der Waals surface area contributed by atoms with Crippen LogP contribution in [0.2, 0.25) is 0 Å². The van der Waals surface area contributed by atoms with Crippen LogP contribution >= 0.6 is 0 Å². The molecule has 0 aromatic heterocycles. The predicted octanol–water partition coefficient (Wildman–Crippen LogP) is 3.83. The van der Waals surface area contributed by atoms with E-state index < -0.39 is 29.4 Å². The minimum absolute atomic E-state index is 0.00452. The summed E-state index contributed by atoms with van der Waals surface area (Å²) in [5.41, 5.74) is 7.56. The highest BCUT2D eigenvalue weighted by Gasteiger charge is 2.29. The standard InChI is InChI=1S/C21H20F3N3O2/c1-11(28)26-13-3-2-4-14(8-13)27-21(29)12-5-6-15(20(25)7-12)16-9-18(23)19(24)10-17(16)22/h2-5,8-10,15,20H,6-7,25H2,1H3,(H,26,28)(H,27,29)/t15-,20+/m0/s1. The summed E-state index contributed by atoms with van der Waals surface area (Å²) in [5.74, 6) is -4.42. The van der Waals surface area contributed by atoms with E-state index in [1.54, 1.807) is 30.3 Å². The van der Waals surface area contributed by atoms with Crippen LogP contribution in [0.25, 0.3) is 0 Å². The van der Waals surface area contributed by atoms with Gasteiger partial charge in [0.05, 0.1) is 0 Å². The number of halogens is 3. The maximum Gasteiger partial charge on any atom is 0.251 e. The Balaban J connectivity index is 1.73. The van der Waals surface area contributed by atoms with Crippen molar-refractivity contribution in [3.05, 3.63) is 71.1 Å². The molecule has 0 fully saturated rings. The molecular weight excluding hydrogens is 383 g/mol. The van der Waals surface area contributed by atoms with Crippen LogP contribution in [0.3, 0.4) is 0 Å². The van der Waals surface area contributed by atoms with Gasteiger partial charge in [0.2, 0.25) is 5.91 Å². The third-order valence-corrected chi connectivity index (χ3v) is 4.76. The lowest BCUT2D eigenvalue weighted by Crippen LogP contribution is -2.34. The molecule has 3 rings (SSSR count). The fourth-order valence-corrected chi connectivity index (χ4v) is 3.38. The molecule has 0 bridgehead atoms. The molecule has 2 aromatic rings. The lowest BCUT2D eigenvalue weighted by molar-refractivity contribution is -0.114. The number of benzene rings is 2. The fourth-order valence-electron chi connectivity index (χ4n) is 3.38. The summed E-state index contributed by atoms with van der Waals surface area (Å²) in [6.07, 6.45) is 2.00. The Morgan fingerprint density at radius 3 is 2.31 bits per heavy atom. The van der Waals surface area contributed by atoms with E-state index in [0.29, 0.717) is 23.0 Å². The lowest BCUT2D eigenvalue weighted by Gasteiger charge is -2.29. The molecule has 29 heavy (non-hydrogen) atoms. The van der Waals surface area contributed by atoms with Gasteiger partial charge in [0.25, 0.3) is 5.91 Å². The number of amides is 2. The van der Waals surface area contributed by atoms with Gasteiger partial charge in [-0.15, -0.1) is 0 Å². The molecule has 0 aliphatic heterocycles. The van der Waals surface area contributed by atoms with Crippen LogP contribution in [-0.2, 0) is 9.59 Å². The van der Waals surface area contributed by atoms with Gasteiger partial charge < -0.3 is 16.4 Å². The minimum Gasteiger partial charge on any atom is -0.327 e. The van der Waals surface area contributed by atoms with Crippen molar-refractivity contribution in [3.8, 4) is 0 Å². The van der Waals surface area contributed by atoms with Crippen LogP contribution in [0.5, 0.6) is 0 Å². The zero-order valence-corrected chi connectivity index (χ0v) is 15.6. The highest BCUT2D eigenvalue weighted by atomic mass is 19.2. The summed E-state index contributed by atoms with van der Waals surface area (Å²) in [5, 5.41) is 5.36. The molecule has 152 valence electrons. The molecule has 4 N–H and O–H groups in total. The average molecular weight is 403 g/mol. The van der Waals surface area contributed by atoms with Crippen LogP contribution in [0.15, 0.2) is 48.0 Å². The van der Waals surface area contributed by atoms with Crippen molar-refractivity contribution in [1.29, 1.82) is 0 Å². The van der Waals surface area contributed by atoms with Gasteiger partial charge in [0.15, 0.2) is 11.6 Å². The highest BCUT2D eigenvalue weighted by Crippen LogP contribution is 2.34. The number of allylic oxidation sites excluding steroid dienone is 1. The van der Waals surface area contributed by atoms with E-state index in [2.05, 4.69) is 10.6 Å². The molecule has 2 aromatic carbocycles. The molecule has 0 saturated heterocycles. The Hall–Kier alpha value is -3.13. The van der Waals surface area contributed by atoms with Gasteiger partial charge in [0.1, 0.15) is 5.82 Å². The second kappa shape index (κ2) is 8.48. The molecule has 1 aliphatic carbocycles. The number of carbonyl (C=O) groups excluding carboxylic acids is 2. The first-order valence-electron chi connectivity index (χ1n) is 9.02. The van der Waals surface area contributed by atoms with E-state index in [1.807, 2.05) is 0 Å². The zero-order chi connectivity index (χ0) is 21.1. The number of hydrogen-bond donors (Lipinski definition) is 3. The van der Waals surface area contributed by atoms with Crippen LogP contribution in [0.4, 0.5) is 24.5 Å². The molecule has 0 unspecified atom stereocenters. The first-order chi connectivity index (χ1) is 13.7. The topological polar surface area (TPSA) is 84.2 Å². The highest BCUT2D eigenvalue weighted by molar-refractivity contribution is 6.04. The first-order valence-corrected chi connectivity index (χ1v) is 9.02. The first kappa shape index (κ1) is 20.6. The second-order valence-electron chi connectivity index (χ2n) is 6.94. The quantitative estimate of drug-likeness (QED) is 0.679. The zero-order valence-electron chi connectivity index (χ0n) is 15.6. The smallest absolute Gasteiger partial charge is 0.251 e. The van der Waals surface area contributed by atoms with E-state index in [-0.39, 0.29) is 30.2 Å². The summed E-state index contributed by atoms with van der Waals surface area (Å²) in [6.45, 7) is 1.38. The number of hydrogen-bond acceptors (Lipinski definition) is 3. The molecule has 0 spiro atoms. The summed E-state index contributed by atoms with van der Waals surface area (Å²) >= 11 is 0. The Kier molecular flexibility index (Phi) is 6.03. The summed E-state index contributed by atoms with van der Waals surface area (Å²) in [6, 6.07) is 7.35. The van der Waals surface area contributed by atoms with Gasteiger partial charge in [-0.25, -0.2) is 13.2 Å². The van der Waals surface area contributed by atoms with Gasteiger partial charge in [-0.3, -0.25) is 9.59 Å². The van der Waals surface area contributed by atoms with E-state index in [4.69, 9.17) is 5.73 Å². The van der Waals surface area contributed by atoms with Gasteiger partial charge in [-0.2, -0.15) is 0 Å². The average Bonchev–Trinajstić information content (AvgIpc) is 2.64. The number of carbonyl (C=O) groups is 2. The molecule has 0 radical (unpaired) electrons. The van der Waals surface area contributed by atoms with Gasteiger partial charge >= 0.3 is 0 Å². The maximum absolute atomic E-state index is 14.1. The molecule has 2 amide bonds. The number of rotatable bonds is 4. The Morgan fingerprint density at radius 1 is 1.00 bits per heavy atom. The molecule has 0 heterocycles. The van der Waals surface area contributed by atoms with E-state index in [9.17, 15) is 22.8 Å². The number of nitrogens with one attached hydrogen (secondary N) is 2. The van der Waals surface area contributed by atoms with Crippen molar-refractivity contribution < 1.29 is 22.8 Å². The Labute approximate surface area is 165 Å². The van der Waals surface area contributed by atoms with Gasteiger partial charge in [-0.05, 0) is 42.7 Å². The number of anilines is 2. The van der Waals surface area contributed by atoms with Crippen molar-refractivity contribution in [1.82, 2.24) is 0 Å². The van der Waals surface area contributed by atoms with E-state index >= 15 is 0 Å². The molecule has 8 heteroatoms. The third kappa shape index (κ3) is 4.83. The van der Waals surface area contributed by atoms with E-state index in [1.165, 1.54) is 6.92 Å². The monoisotopic (exact) mass is 403 g/mol. The Morgan fingerprint density at radius 2 is 1.66 bits per heavy atom. The molecule has 2 atom stereocenters. The maximum atomic E-state index is 14.1. The van der Waals surface area contributed by atoms with Crippen molar-refractivity contribution in [2.24, 2.45) is 5.73 Å². The molecular formula is C21H20F3N3O2. The molecule has 0 saturated carbocycles. The van der Waals surface area contributed by atoms with Crippen LogP contribution < -0.4 is 16.4 Å². The van der Waals surface area contributed by atoms with Crippen LogP contribution in [-0.4, -0.2) is 17.9 Å². The molecule has 1 aliphatic rings. The summed E-state index contributed by atoms with van der Waals surface area (Å²) in [7, 11) is 0. The lowest BCUT2D eigenvalue weighted by atomic mass is 9.80. The SMILES string of the molecule is CC(=O)Nc1cccc(NC(=O)C2=CC[C@@H](c3cc(F)c(F)cc3F)[C@H](N)C2)c1. The van der Waals surface area contributed by atoms with Crippen LogP contribution in [0, 0.1) is 17.5 Å². The molecule has 5 nitrogen and oxygen atoms in total. The third-order valence-electron chi connectivity index (χ3n) is 4.76. The van der Waals surface area contributed by atoms with Crippen molar-refractivity contribution in [2.45, 2.75) is 31.7 Å². The largest absolute Gasteiger partial charge is 0.327 e. The van der Waals surface area contributed by atoms with Gasteiger partial charge in [0, 0.05) is 41.9 Å². The minimum atomic E-state index is -1.26. The Bertz CT molecular complexity index is 991. The number of nitrogens with two attached hydrogens (primary N) is 1. The normalized spacial score (nSPS) is 18.7. The van der Waals surface area contributed by atoms with Crippen molar-refractivity contribution in [3.63, 3.8) is 0 Å². The fraction of sp³-hybridized carbons (Fsp3) is 0.238. The second-order valence-corrected chi connectivity index (χ2v) is 6.94. The van der Waals surface area contributed by atoms with Crippen molar-refractivity contribution >= 4 is 23.2 Å². The van der Waals surface area contributed by atoms with Gasteiger partial charge in [-0.1, -0.05) is 12.1 Å².